The predicted octanol–water partition coefficient (Wildman–Crippen LogP) is 1.15. The monoisotopic (exact) mass is 294 g/mol. The largest absolute Gasteiger partial charge is 0.492 e. The van der Waals surface area contributed by atoms with Gasteiger partial charge in [-0.2, -0.15) is 0 Å². The Hall–Kier alpha value is -2.15. The van der Waals surface area contributed by atoms with E-state index in [2.05, 4.69) is 9.89 Å². The van der Waals surface area contributed by atoms with Crippen LogP contribution in [0.1, 0.15) is 12.5 Å². The molecule has 0 fully saturated rings. The molecule has 0 aliphatic rings. The molecule has 0 amide bonds. The smallest absolute Gasteiger partial charge is 0.266 e. The molecule has 2 N–H and O–H groups in total. The lowest BCUT2D eigenvalue weighted by Gasteiger charge is -2.11. The van der Waals surface area contributed by atoms with Crippen molar-refractivity contribution >= 4 is 5.84 Å². The Kier molecular flexibility index (Phi) is 6.61. The van der Waals surface area contributed by atoms with Gasteiger partial charge in [0.05, 0.1) is 6.54 Å². The van der Waals surface area contributed by atoms with Gasteiger partial charge in [-0.15, -0.1) is 0 Å². The van der Waals surface area contributed by atoms with Gasteiger partial charge in [0.25, 0.3) is 6.04 Å². The predicted molar refractivity (Wildman–Crippen MR) is 82.3 cm³/mol. The van der Waals surface area contributed by atoms with E-state index in [1.807, 2.05) is 38.4 Å². The van der Waals surface area contributed by atoms with Crippen LogP contribution in [0.2, 0.25) is 0 Å². The van der Waals surface area contributed by atoms with Gasteiger partial charge in [-0.25, -0.2) is 0 Å². The van der Waals surface area contributed by atoms with Crippen molar-refractivity contribution in [1.29, 1.82) is 0 Å². The molecule has 1 unspecified atom stereocenters. The van der Waals surface area contributed by atoms with Gasteiger partial charge in [0.2, 0.25) is 0 Å². The minimum Gasteiger partial charge on any atom is -0.492 e. The summed E-state index contributed by atoms with van der Waals surface area (Å²) in [5, 5.41) is 10.5. The molecule has 0 saturated heterocycles. The van der Waals surface area contributed by atoms with Crippen LogP contribution in [-0.4, -0.2) is 48.9 Å². The Labute approximate surface area is 124 Å². The topological polar surface area (TPSA) is 94.0 Å². The molecule has 0 aliphatic heterocycles. The Bertz CT molecular complexity index is 503. The van der Waals surface area contributed by atoms with E-state index in [1.165, 1.54) is 6.92 Å². The van der Waals surface area contributed by atoms with Gasteiger partial charge < -0.3 is 15.4 Å². The average molecular weight is 294 g/mol. The number of benzene rings is 1. The summed E-state index contributed by atoms with van der Waals surface area (Å²) in [6.45, 7) is 2.87. The van der Waals surface area contributed by atoms with Crippen molar-refractivity contribution in [3.8, 4) is 5.75 Å². The average Bonchev–Trinajstić information content (AvgIpc) is 2.42. The standard InChI is InChI=1S/C14H22N4O3/c1-11(18(19)20)14(15)16-7-8-21-13-6-4-5-12(9-13)10-17(2)3/h4-6,9,11H,7-8,10H2,1-3H3,(H2,15,16). The van der Waals surface area contributed by atoms with E-state index in [-0.39, 0.29) is 5.84 Å². The summed E-state index contributed by atoms with van der Waals surface area (Å²) in [6.07, 6.45) is 0. The molecule has 0 aliphatic carbocycles. The zero-order valence-corrected chi connectivity index (χ0v) is 12.7. The van der Waals surface area contributed by atoms with Crippen LogP contribution in [0.5, 0.6) is 5.75 Å². The highest BCUT2D eigenvalue weighted by atomic mass is 16.6. The molecule has 0 aromatic heterocycles. The van der Waals surface area contributed by atoms with Crippen molar-refractivity contribution in [3.05, 3.63) is 39.9 Å². The maximum absolute atomic E-state index is 10.5. The summed E-state index contributed by atoms with van der Waals surface area (Å²) < 4.78 is 5.57. The first-order valence-electron chi connectivity index (χ1n) is 6.70. The highest BCUT2D eigenvalue weighted by Gasteiger charge is 2.16. The van der Waals surface area contributed by atoms with Gasteiger partial charge in [0.15, 0.2) is 5.84 Å². The van der Waals surface area contributed by atoms with E-state index in [0.29, 0.717) is 13.2 Å². The minimum absolute atomic E-state index is 0.0185. The van der Waals surface area contributed by atoms with Gasteiger partial charge in [-0.1, -0.05) is 12.1 Å². The normalized spacial score (nSPS) is 13.2. The highest BCUT2D eigenvalue weighted by molar-refractivity contribution is 5.84. The third kappa shape index (κ3) is 6.22. The molecule has 7 nitrogen and oxygen atoms in total. The second-order valence-corrected chi connectivity index (χ2v) is 5.00. The van der Waals surface area contributed by atoms with Crippen LogP contribution in [0.25, 0.3) is 0 Å². The number of nitrogens with two attached hydrogens (primary N) is 1. The Morgan fingerprint density at radius 1 is 1.52 bits per heavy atom. The van der Waals surface area contributed by atoms with Gasteiger partial charge in [0, 0.05) is 18.4 Å². The molecule has 0 heterocycles. The molecule has 7 heteroatoms. The van der Waals surface area contributed by atoms with Crippen LogP contribution in [-0.2, 0) is 6.54 Å². The number of hydrogen-bond donors (Lipinski definition) is 1. The van der Waals surface area contributed by atoms with Crippen LogP contribution in [0.3, 0.4) is 0 Å². The quantitative estimate of drug-likeness (QED) is 0.255. The van der Waals surface area contributed by atoms with Crippen molar-refractivity contribution in [1.82, 2.24) is 4.90 Å². The number of nitro groups is 1. The number of rotatable bonds is 8. The number of aliphatic imine (C=N–C) groups is 1. The van der Waals surface area contributed by atoms with E-state index in [4.69, 9.17) is 10.5 Å². The van der Waals surface area contributed by atoms with Crippen molar-refractivity contribution in [3.63, 3.8) is 0 Å². The lowest BCUT2D eigenvalue weighted by Crippen LogP contribution is -2.33. The fourth-order valence-corrected chi connectivity index (χ4v) is 1.68. The zero-order valence-electron chi connectivity index (χ0n) is 12.7. The molecule has 1 rings (SSSR count). The number of hydrogen-bond acceptors (Lipinski definition) is 5. The Balaban J connectivity index is 2.46. The van der Waals surface area contributed by atoms with E-state index in [0.717, 1.165) is 17.9 Å². The molecule has 21 heavy (non-hydrogen) atoms. The molecular formula is C14H22N4O3. The zero-order chi connectivity index (χ0) is 15.8. The third-order valence-corrected chi connectivity index (χ3v) is 2.80. The number of nitrogens with zero attached hydrogens (tertiary/aromatic N) is 3. The minimum atomic E-state index is -0.964. The molecule has 1 aromatic carbocycles. The van der Waals surface area contributed by atoms with Gasteiger partial charge in [-0.05, 0) is 31.8 Å². The maximum Gasteiger partial charge on any atom is 0.266 e. The fraction of sp³-hybridized carbons (Fsp3) is 0.500. The van der Waals surface area contributed by atoms with Crippen LogP contribution in [0.15, 0.2) is 29.3 Å². The van der Waals surface area contributed by atoms with Gasteiger partial charge >= 0.3 is 0 Å². The van der Waals surface area contributed by atoms with Crippen LogP contribution in [0.4, 0.5) is 0 Å². The lowest BCUT2D eigenvalue weighted by atomic mass is 10.2. The first-order chi connectivity index (χ1) is 9.90. The van der Waals surface area contributed by atoms with E-state index in [9.17, 15) is 10.1 Å². The second kappa shape index (κ2) is 8.21. The molecule has 0 saturated carbocycles. The molecule has 116 valence electrons. The lowest BCUT2D eigenvalue weighted by molar-refractivity contribution is -0.498. The van der Waals surface area contributed by atoms with Crippen molar-refractivity contribution in [2.45, 2.75) is 19.5 Å². The van der Waals surface area contributed by atoms with E-state index in [1.54, 1.807) is 0 Å². The van der Waals surface area contributed by atoms with E-state index >= 15 is 0 Å². The van der Waals surface area contributed by atoms with E-state index < -0.39 is 11.0 Å². The molecule has 0 spiro atoms. The number of amidine groups is 1. The highest BCUT2D eigenvalue weighted by Crippen LogP contribution is 2.14. The SMILES string of the molecule is CC(C(N)=NCCOc1cccc(CN(C)C)c1)[N+](=O)[O-]. The Morgan fingerprint density at radius 2 is 2.24 bits per heavy atom. The van der Waals surface area contributed by atoms with Crippen molar-refractivity contribution in [2.75, 3.05) is 27.2 Å². The first kappa shape index (κ1) is 16.9. The molecule has 0 radical (unpaired) electrons. The van der Waals surface area contributed by atoms with Crippen molar-refractivity contribution in [2.24, 2.45) is 10.7 Å². The summed E-state index contributed by atoms with van der Waals surface area (Å²) in [7, 11) is 4.00. The molecule has 1 atom stereocenters. The Morgan fingerprint density at radius 3 is 2.86 bits per heavy atom. The summed E-state index contributed by atoms with van der Waals surface area (Å²) in [5.41, 5.74) is 6.68. The third-order valence-electron chi connectivity index (χ3n) is 2.80. The number of ether oxygens (including phenoxy) is 1. The van der Waals surface area contributed by atoms with Gasteiger partial charge in [0.1, 0.15) is 12.4 Å². The molecular weight excluding hydrogens is 272 g/mol. The summed E-state index contributed by atoms with van der Waals surface area (Å²) in [5.74, 6) is 0.774. The second-order valence-electron chi connectivity index (χ2n) is 5.00. The first-order valence-corrected chi connectivity index (χ1v) is 6.70. The van der Waals surface area contributed by atoms with Crippen LogP contribution in [0, 0.1) is 10.1 Å². The van der Waals surface area contributed by atoms with Crippen LogP contribution < -0.4 is 10.5 Å². The molecule has 1 aromatic rings. The maximum atomic E-state index is 10.5. The summed E-state index contributed by atoms with van der Waals surface area (Å²) >= 11 is 0. The van der Waals surface area contributed by atoms with Gasteiger partial charge in [-0.3, -0.25) is 15.1 Å². The summed E-state index contributed by atoms with van der Waals surface area (Å²) in [4.78, 5) is 16.1. The molecule has 0 bridgehead atoms. The fourth-order valence-electron chi connectivity index (χ4n) is 1.68. The summed E-state index contributed by atoms with van der Waals surface area (Å²) in [6, 6.07) is 6.83. The van der Waals surface area contributed by atoms with Crippen molar-refractivity contribution < 1.29 is 9.66 Å². The van der Waals surface area contributed by atoms with Crippen LogP contribution >= 0.6 is 0 Å².